The molecule has 1 aliphatic heterocycles. The number of benzene rings is 2. The Hall–Kier alpha value is -3.00. The van der Waals surface area contributed by atoms with E-state index in [9.17, 15) is 14.0 Å². The smallest absolute Gasteiger partial charge is 0.363 e. The maximum absolute atomic E-state index is 13.4. The quantitative estimate of drug-likeness (QED) is 0.389. The highest BCUT2D eigenvalue weighted by Gasteiger charge is 2.25. The van der Waals surface area contributed by atoms with E-state index in [4.69, 9.17) is 14.2 Å². The van der Waals surface area contributed by atoms with Gasteiger partial charge < -0.3 is 14.2 Å². The van der Waals surface area contributed by atoms with Crippen LogP contribution in [-0.2, 0) is 14.3 Å². The van der Waals surface area contributed by atoms with Crippen LogP contribution in [0.2, 0.25) is 0 Å². The predicted octanol–water partition coefficient (Wildman–Crippen LogP) is 4.26. The lowest BCUT2D eigenvalue weighted by molar-refractivity contribution is -0.132. The van der Waals surface area contributed by atoms with Gasteiger partial charge in [-0.15, -0.1) is 0 Å². The molecule has 0 aliphatic carbocycles. The van der Waals surface area contributed by atoms with Crippen molar-refractivity contribution in [2.45, 2.75) is 13.8 Å². The standard InChI is InChI=1S/C20H15BrFNO5/c1-3-26-17-9-12(7-15(21)18(17)27-11(2)24)8-16-20(25)28-19(23-16)13-5-4-6-14(22)10-13/h4-10H,3H2,1-2H3. The van der Waals surface area contributed by atoms with Crippen molar-refractivity contribution >= 4 is 39.8 Å². The van der Waals surface area contributed by atoms with Gasteiger partial charge in [0.1, 0.15) is 5.82 Å². The van der Waals surface area contributed by atoms with Crippen LogP contribution >= 0.6 is 15.9 Å². The van der Waals surface area contributed by atoms with Crippen molar-refractivity contribution in [1.82, 2.24) is 0 Å². The fourth-order valence-electron chi connectivity index (χ4n) is 2.49. The van der Waals surface area contributed by atoms with Crippen molar-refractivity contribution in [2.24, 2.45) is 4.99 Å². The van der Waals surface area contributed by atoms with E-state index in [0.29, 0.717) is 28.0 Å². The zero-order chi connectivity index (χ0) is 20.3. The molecule has 0 fully saturated rings. The van der Waals surface area contributed by atoms with Gasteiger partial charge in [0, 0.05) is 12.5 Å². The minimum atomic E-state index is -0.655. The van der Waals surface area contributed by atoms with Crippen molar-refractivity contribution in [3.05, 3.63) is 63.5 Å². The molecule has 0 atom stereocenters. The highest BCUT2D eigenvalue weighted by molar-refractivity contribution is 9.10. The van der Waals surface area contributed by atoms with Gasteiger partial charge in [0.2, 0.25) is 5.90 Å². The first-order valence-corrected chi connectivity index (χ1v) is 9.10. The molecule has 0 unspecified atom stereocenters. The van der Waals surface area contributed by atoms with E-state index in [1.807, 2.05) is 0 Å². The molecule has 0 saturated carbocycles. The Morgan fingerprint density at radius 2 is 2.11 bits per heavy atom. The number of carbonyl (C=O) groups is 2. The second-order valence-corrected chi connectivity index (χ2v) is 6.56. The lowest BCUT2D eigenvalue weighted by Gasteiger charge is -2.12. The molecule has 0 radical (unpaired) electrons. The van der Waals surface area contributed by atoms with Crippen LogP contribution in [0.4, 0.5) is 4.39 Å². The molecule has 0 spiro atoms. The summed E-state index contributed by atoms with van der Waals surface area (Å²) < 4.78 is 29.7. The van der Waals surface area contributed by atoms with E-state index in [2.05, 4.69) is 20.9 Å². The molecular formula is C20H15BrFNO5. The maximum atomic E-state index is 13.4. The summed E-state index contributed by atoms with van der Waals surface area (Å²) in [5.74, 6) is -1.00. The summed E-state index contributed by atoms with van der Waals surface area (Å²) in [6.45, 7) is 3.43. The third kappa shape index (κ3) is 4.45. The van der Waals surface area contributed by atoms with Crippen molar-refractivity contribution in [3.8, 4) is 11.5 Å². The van der Waals surface area contributed by atoms with E-state index in [-0.39, 0.29) is 17.3 Å². The average molecular weight is 448 g/mol. The molecule has 0 N–H and O–H groups in total. The number of rotatable bonds is 5. The average Bonchev–Trinajstić information content (AvgIpc) is 2.99. The van der Waals surface area contributed by atoms with Crippen LogP contribution in [0.3, 0.4) is 0 Å². The molecule has 1 aliphatic rings. The molecule has 0 amide bonds. The van der Waals surface area contributed by atoms with Crippen LogP contribution < -0.4 is 9.47 Å². The Kier molecular flexibility index (Phi) is 5.89. The first-order valence-electron chi connectivity index (χ1n) is 8.30. The number of cyclic esters (lactones) is 1. The summed E-state index contributed by atoms with van der Waals surface area (Å²) in [6, 6.07) is 8.87. The fraction of sp³-hybridized carbons (Fsp3) is 0.150. The van der Waals surface area contributed by atoms with Crippen molar-refractivity contribution < 1.29 is 28.2 Å². The second kappa shape index (κ2) is 8.35. The van der Waals surface area contributed by atoms with E-state index in [1.165, 1.54) is 31.2 Å². The Bertz CT molecular complexity index is 1020. The molecular weight excluding hydrogens is 433 g/mol. The highest BCUT2D eigenvalue weighted by atomic mass is 79.9. The molecule has 0 saturated heterocycles. The molecule has 1 heterocycles. The summed E-state index contributed by atoms with van der Waals surface area (Å²) in [4.78, 5) is 27.6. The van der Waals surface area contributed by atoms with Gasteiger partial charge in [-0.1, -0.05) is 6.07 Å². The lowest BCUT2D eigenvalue weighted by atomic mass is 10.1. The zero-order valence-corrected chi connectivity index (χ0v) is 16.6. The largest absolute Gasteiger partial charge is 0.490 e. The molecule has 28 heavy (non-hydrogen) atoms. The van der Waals surface area contributed by atoms with E-state index in [1.54, 1.807) is 25.1 Å². The molecule has 2 aromatic rings. The highest BCUT2D eigenvalue weighted by Crippen LogP contribution is 2.38. The molecule has 144 valence electrons. The molecule has 6 nitrogen and oxygen atoms in total. The normalized spacial score (nSPS) is 14.6. The van der Waals surface area contributed by atoms with Crippen LogP contribution in [0.5, 0.6) is 11.5 Å². The first kappa shape index (κ1) is 19.8. The molecule has 8 heteroatoms. The SMILES string of the molecule is CCOc1cc(C=C2N=C(c3cccc(F)c3)OC2=O)cc(Br)c1OC(C)=O. The number of esters is 2. The van der Waals surface area contributed by atoms with E-state index in [0.717, 1.165) is 0 Å². The number of ether oxygens (including phenoxy) is 3. The summed E-state index contributed by atoms with van der Waals surface area (Å²) in [5, 5.41) is 0. The fourth-order valence-corrected chi connectivity index (χ4v) is 3.03. The summed E-state index contributed by atoms with van der Waals surface area (Å²) in [6.07, 6.45) is 1.50. The van der Waals surface area contributed by atoms with Gasteiger partial charge >= 0.3 is 11.9 Å². The Morgan fingerprint density at radius 3 is 2.79 bits per heavy atom. The molecule has 3 rings (SSSR count). The summed E-state index contributed by atoms with van der Waals surface area (Å²) >= 11 is 3.34. The third-order valence-corrected chi connectivity index (χ3v) is 4.16. The summed E-state index contributed by atoms with van der Waals surface area (Å²) in [5.41, 5.74) is 0.981. The maximum Gasteiger partial charge on any atom is 0.363 e. The van der Waals surface area contributed by atoms with Crippen LogP contribution in [-0.4, -0.2) is 24.4 Å². The van der Waals surface area contributed by atoms with Crippen LogP contribution in [0.15, 0.2) is 51.6 Å². The van der Waals surface area contributed by atoms with Crippen molar-refractivity contribution in [3.63, 3.8) is 0 Å². The second-order valence-electron chi connectivity index (χ2n) is 5.70. The van der Waals surface area contributed by atoms with Gasteiger partial charge in [0.05, 0.1) is 11.1 Å². The van der Waals surface area contributed by atoms with E-state index >= 15 is 0 Å². The van der Waals surface area contributed by atoms with Gasteiger partial charge in [-0.2, -0.15) is 0 Å². The molecule has 2 aromatic carbocycles. The van der Waals surface area contributed by atoms with Gasteiger partial charge in [-0.3, -0.25) is 4.79 Å². The van der Waals surface area contributed by atoms with Gasteiger partial charge in [-0.25, -0.2) is 14.2 Å². The zero-order valence-electron chi connectivity index (χ0n) is 15.0. The number of hydrogen-bond acceptors (Lipinski definition) is 6. The number of carbonyl (C=O) groups excluding carboxylic acids is 2. The van der Waals surface area contributed by atoms with Crippen molar-refractivity contribution in [1.29, 1.82) is 0 Å². The number of aliphatic imine (C=N–C) groups is 1. The topological polar surface area (TPSA) is 74.2 Å². The van der Waals surface area contributed by atoms with E-state index < -0.39 is 17.8 Å². The first-order chi connectivity index (χ1) is 13.4. The van der Waals surface area contributed by atoms with Crippen LogP contribution in [0, 0.1) is 5.82 Å². The van der Waals surface area contributed by atoms with Crippen LogP contribution in [0.1, 0.15) is 25.0 Å². The number of nitrogens with zero attached hydrogens (tertiary/aromatic N) is 1. The molecule has 0 aromatic heterocycles. The lowest BCUT2D eigenvalue weighted by Crippen LogP contribution is -2.06. The van der Waals surface area contributed by atoms with Gasteiger partial charge in [0.15, 0.2) is 17.2 Å². The van der Waals surface area contributed by atoms with Crippen LogP contribution in [0.25, 0.3) is 6.08 Å². The van der Waals surface area contributed by atoms with Gasteiger partial charge in [-0.05, 0) is 64.8 Å². The third-order valence-electron chi connectivity index (χ3n) is 3.57. The summed E-state index contributed by atoms with van der Waals surface area (Å²) in [7, 11) is 0. The number of hydrogen-bond donors (Lipinski definition) is 0. The Balaban J connectivity index is 1.98. The predicted molar refractivity (Wildman–Crippen MR) is 104 cm³/mol. The Morgan fingerprint density at radius 1 is 1.32 bits per heavy atom. The minimum absolute atomic E-state index is 0.0244. The van der Waals surface area contributed by atoms with Gasteiger partial charge in [0.25, 0.3) is 0 Å². The van der Waals surface area contributed by atoms with Crippen molar-refractivity contribution in [2.75, 3.05) is 6.61 Å². The number of halogens is 2. The Labute approximate surface area is 168 Å². The molecule has 0 bridgehead atoms. The minimum Gasteiger partial charge on any atom is -0.490 e. The monoisotopic (exact) mass is 447 g/mol.